The average Bonchev–Trinajstić information content (AvgIpc) is 2.51. The monoisotopic (exact) mass is 355 g/mol. The fourth-order valence-electron chi connectivity index (χ4n) is 2.67. The molecule has 0 radical (unpaired) electrons. The highest BCUT2D eigenvalue weighted by atomic mass is 79.9. The van der Waals surface area contributed by atoms with E-state index in [4.69, 9.17) is 9.57 Å². The van der Waals surface area contributed by atoms with Gasteiger partial charge in [-0.2, -0.15) is 0 Å². The summed E-state index contributed by atoms with van der Waals surface area (Å²) >= 11 is 3.52. The van der Waals surface area contributed by atoms with Crippen LogP contribution in [-0.4, -0.2) is 31.2 Å². The van der Waals surface area contributed by atoms with E-state index in [9.17, 15) is 4.79 Å². The molecule has 0 bridgehead atoms. The standard InChI is InChI=1S/C16H22BrNO3/c1-11-14(17)5-4-6-15(11)21-13-9-7-12(8-10-13)16(19)18(2)20-3/h4-6,12-13H,7-10H2,1-3H3. The van der Waals surface area contributed by atoms with Crippen molar-refractivity contribution >= 4 is 21.8 Å². The molecule has 116 valence electrons. The summed E-state index contributed by atoms with van der Waals surface area (Å²) in [6, 6.07) is 5.99. The minimum atomic E-state index is 0.0541. The largest absolute Gasteiger partial charge is 0.490 e. The third-order valence-corrected chi connectivity index (χ3v) is 4.98. The summed E-state index contributed by atoms with van der Waals surface area (Å²) < 4.78 is 7.16. The zero-order valence-corrected chi connectivity index (χ0v) is 14.4. The second-order valence-corrected chi connectivity index (χ2v) is 6.33. The van der Waals surface area contributed by atoms with Gasteiger partial charge in [0.2, 0.25) is 5.91 Å². The Morgan fingerprint density at radius 1 is 1.29 bits per heavy atom. The van der Waals surface area contributed by atoms with Crippen molar-refractivity contribution in [3.05, 3.63) is 28.2 Å². The maximum absolute atomic E-state index is 12.0. The van der Waals surface area contributed by atoms with Crippen LogP contribution in [-0.2, 0) is 9.63 Å². The van der Waals surface area contributed by atoms with Crippen molar-refractivity contribution in [3.63, 3.8) is 0 Å². The molecule has 0 unspecified atom stereocenters. The molecule has 0 saturated heterocycles. The van der Waals surface area contributed by atoms with E-state index in [2.05, 4.69) is 15.9 Å². The maximum atomic E-state index is 12.0. The van der Waals surface area contributed by atoms with E-state index < -0.39 is 0 Å². The number of halogens is 1. The highest BCUT2D eigenvalue weighted by Gasteiger charge is 2.29. The van der Waals surface area contributed by atoms with Crippen LogP contribution in [0.5, 0.6) is 5.75 Å². The first-order valence-electron chi connectivity index (χ1n) is 7.26. The second-order valence-electron chi connectivity index (χ2n) is 5.47. The number of hydroxylamine groups is 2. The lowest BCUT2D eigenvalue weighted by molar-refractivity contribution is -0.174. The van der Waals surface area contributed by atoms with E-state index in [1.807, 2.05) is 25.1 Å². The number of hydrogen-bond donors (Lipinski definition) is 0. The van der Waals surface area contributed by atoms with Crippen molar-refractivity contribution < 1.29 is 14.4 Å². The summed E-state index contributed by atoms with van der Waals surface area (Å²) in [5.41, 5.74) is 1.12. The molecule has 0 atom stereocenters. The van der Waals surface area contributed by atoms with Gasteiger partial charge in [0.1, 0.15) is 5.75 Å². The van der Waals surface area contributed by atoms with E-state index in [1.54, 1.807) is 7.05 Å². The zero-order chi connectivity index (χ0) is 15.4. The van der Waals surface area contributed by atoms with Gasteiger partial charge < -0.3 is 4.74 Å². The molecular formula is C16H22BrNO3. The van der Waals surface area contributed by atoms with Crippen molar-refractivity contribution in [1.29, 1.82) is 0 Å². The van der Waals surface area contributed by atoms with Gasteiger partial charge in [-0.3, -0.25) is 9.63 Å². The Hall–Kier alpha value is -1.07. The lowest BCUT2D eigenvalue weighted by atomic mass is 9.86. The van der Waals surface area contributed by atoms with Crippen LogP contribution in [0.1, 0.15) is 31.2 Å². The van der Waals surface area contributed by atoms with E-state index in [1.165, 1.54) is 12.2 Å². The van der Waals surface area contributed by atoms with Gasteiger partial charge in [-0.15, -0.1) is 0 Å². The number of carbonyl (C=O) groups is 1. The van der Waals surface area contributed by atoms with Crippen molar-refractivity contribution in [2.45, 2.75) is 38.7 Å². The number of rotatable bonds is 4. The van der Waals surface area contributed by atoms with Gasteiger partial charge in [-0.25, -0.2) is 5.06 Å². The molecule has 21 heavy (non-hydrogen) atoms. The lowest BCUT2D eigenvalue weighted by Crippen LogP contribution is -2.36. The molecule has 0 heterocycles. The summed E-state index contributed by atoms with van der Waals surface area (Å²) in [6.07, 6.45) is 3.70. The third kappa shape index (κ3) is 3.98. The molecular weight excluding hydrogens is 334 g/mol. The molecule has 0 aliphatic heterocycles. The van der Waals surface area contributed by atoms with Crippen LogP contribution in [0.15, 0.2) is 22.7 Å². The van der Waals surface area contributed by atoms with Crippen LogP contribution in [0, 0.1) is 12.8 Å². The molecule has 1 saturated carbocycles. The van der Waals surface area contributed by atoms with Crippen molar-refractivity contribution in [1.82, 2.24) is 5.06 Å². The molecule has 4 nitrogen and oxygen atoms in total. The first kappa shape index (κ1) is 16.3. The predicted octanol–water partition coefficient (Wildman–Crippen LogP) is 3.71. The quantitative estimate of drug-likeness (QED) is 0.772. The van der Waals surface area contributed by atoms with E-state index in [-0.39, 0.29) is 17.9 Å². The predicted molar refractivity (Wildman–Crippen MR) is 85.0 cm³/mol. The Morgan fingerprint density at radius 2 is 1.95 bits per heavy atom. The number of carbonyl (C=O) groups excluding carboxylic acids is 1. The highest BCUT2D eigenvalue weighted by Crippen LogP contribution is 2.32. The lowest BCUT2D eigenvalue weighted by Gasteiger charge is -2.30. The van der Waals surface area contributed by atoms with E-state index in [0.717, 1.165) is 41.5 Å². The van der Waals surface area contributed by atoms with E-state index >= 15 is 0 Å². The third-order valence-electron chi connectivity index (χ3n) is 4.12. The second kappa shape index (κ2) is 7.27. The number of benzene rings is 1. The van der Waals surface area contributed by atoms with Gasteiger partial charge in [-0.1, -0.05) is 22.0 Å². The zero-order valence-electron chi connectivity index (χ0n) is 12.8. The van der Waals surface area contributed by atoms with Crippen LogP contribution >= 0.6 is 15.9 Å². The molecule has 1 aromatic rings. The van der Waals surface area contributed by atoms with E-state index in [0.29, 0.717) is 0 Å². The van der Waals surface area contributed by atoms with Crippen LogP contribution in [0.25, 0.3) is 0 Å². The summed E-state index contributed by atoms with van der Waals surface area (Å²) in [6.45, 7) is 2.04. The summed E-state index contributed by atoms with van der Waals surface area (Å²) in [5.74, 6) is 1.04. The van der Waals surface area contributed by atoms with Gasteiger partial charge in [0.15, 0.2) is 0 Å². The number of hydrogen-bond acceptors (Lipinski definition) is 3. The van der Waals surface area contributed by atoms with Crippen LogP contribution < -0.4 is 4.74 Å². The number of ether oxygens (including phenoxy) is 1. The smallest absolute Gasteiger partial charge is 0.248 e. The van der Waals surface area contributed by atoms with Crippen molar-refractivity contribution in [2.75, 3.05) is 14.2 Å². The summed E-state index contributed by atoms with van der Waals surface area (Å²) in [7, 11) is 3.18. The average molecular weight is 356 g/mol. The van der Waals surface area contributed by atoms with Crippen molar-refractivity contribution in [3.8, 4) is 5.75 Å². The molecule has 1 aliphatic carbocycles. The normalized spacial score (nSPS) is 21.9. The fourth-order valence-corrected chi connectivity index (χ4v) is 3.02. The Bertz CT molecular complexity index is 498. The Labute approximate surface area is 134 Å². The minimum Gasteiger partial charge on any atom is -0.490 e. The molecule has 0 spiro atoms. The number of amides is 1. The fraction of sp³-hybridized carbons (Fsp3) is 0.562. The summed E-state index contributed by atoms with van der Waals surface area (Å²) in [5, 5.41) is 1.32. The number of nitrogens with zero attached hydrogens (tertiary/aromatic N) is 1. The molecule has 5 heteroatoms. The first-order valence-corrected chi connectivity index (χ1v) is 8.05. The van der Waals surface area contributed by atoms with Gasteiger partial charge in [0, 0.05) is 23.0 Å². The van der Waals surface area contributed by atoms with Crippen molar-refractivity contribution in [2.24, 2.45) is 5.92 Å². The van der Waals surface area contributed by atoms with Crippen LogP contribution in [0.3, 0.4) is 0 Å². The molecule has 1 aromatic carbocycles. The first-order chi connectivity index (χ1) is 10.0. The molecule has 1 amide bonds. The Morgan fingerprint density at radius 3 is 2.57 bits per heavy atom. The van der Waals surface area contributed by atoms with Gasteiger partial charge in [-0.05, 0) is 44.7 Å². The Balaban J connectivity index is 1.90. The maximum Gasteiger partial charge on any atom is 0.248 e. The van der Waals surface area contributed by atoms with Crippen LogP contribution in [0.4, 0.5) is 0 Å². The van der Waals surface area contributed by atoms with Gasteiger partial charge in [0.25, 0.3) is 0 Å². The van der Waals surface area contributed by atoms with Crippen LogP contribution in [0.2, 0.25) is 0 Å². The molecule has 1 aliphatic rings. The minimum absolute atomic E-state index is 0.0541. The van der Waals surface area contributed by atoms with Gasteiger partial charge >= 0.3 is 0 Å². The molecule has 0 aromatic heterocycles. The van der Waals surface area contributed by atoms with Gasteiger partial charge in [0.05, 0.1) is 13.2 Å². The summed E-state index contributed by atoms with van der Waals surface area (Å²) in [4.78, 5) is 17.0. The SMILES string of the molecule is CON(C)C(=O)C1CCC(Oc2cccc(Br)c2C)CC1. The molecule has 1 fully saturated rings. The Kier molecular flexibility index (Phi) is 5.65. The molecule has 2 rings (SSSR count). The topological polar surface area (TPSA) is 38.8 Å². The molecule has 0 N–H and O–H groups in total. The highest BCUT2D eigenvalue weighted by molar-refractivity contribution is 9.10.